The molecular weight excluding hydrogens is 549 g/mol. The topological polar surface area (TPSA) is 129 Å². The number of pyridine rings is 1. The lowest BCUT2D eigenvalue weighted by Crippen LogP contribution is -2.34. The van der Waals surface area contributed by atoms with Crippen LogP contribution in [0.25, 0.3) is 28.0 Å². The van der Waals surface area contributed by atoms with Crippen molar-refractivity contribution in [3.05, 3.63) is 84.1 Å². The lowest BCUT2D eigenvalue weighted by molar-refractivity contribution is -0.111. The van der Waals surface area contributed by atoms with Gasteiger partial charge < -0.3 is 20.2 Å². The SMILES string of the molecule is COc1ccc(F)cc1C(=O)CCc1ccc(-c2nn(-c3ccc(N4CCC(C=O)CC4)nc3)c3ncnc(N)c23)cc1. The number of halogens is 1. The van der Waals surface area contributed by atoms with Crippen LogP contribution in [0.3, 0.4) is 0 Å². The molecule has 0 radical (unpaired) electrons. The van der Waals surface area contributed by atoms with Crippen molar-refractivity contribution in [2.24, 2.45) is 5.92 Å². The molecule has 0 amide bonds. The Bertz CT molecular complexity index is 1780. The van der Waals surface area contributed by atoms with Crippen LogP contribution in [0.4, 0.5) is 16.0 Å². The molecule has 43 heavy (non-hydrogen) atoms. The van der Waals surface area contributed by atoms with E-state index < -0.39 is 5.82 Å². The lowest BCUT2D eigenvalue weighted by atomic mass is 9.99. The molecule has 4 heterocycles. The Kier molecular flexibility index (Phi) is 7.78. The van der Waals surface area contributed by atoms with E-state index in [-0.39, 0.29) is 23.7 Å². The van der Waals surface area contributed by atoms with Crippen molar-refractivity contribution in [1.29, 1.82) is 0 Å². The summed E-state index contributed by atoms with van der Waals surface area (Å²) in [6, 6.07) is 15.5. The van der Waals surface area contributed by atoms with Gasteiger partial charge in [0.1, 0.15) is 41.5 Å². The maximum Gasteiger partial charge on any atom is 0.169 e. The average Bonchev–Trinajstić information content (AvgIpc) is 3.45. The van der Waals surface area contributed by atoms with Crippen molar-refractivity contribution >= 4 is 34.7 Å². The molecule has 11 heteroatoms. The summed E-state index contributed by atoms with van der Waals surface area (Å²) in [6.07, 6.45) is 6.54. The summed E-state index contributed by atoms with van der Waals surface area (Å²) in [5, 5.41) is 5.49. The number of piperidine rings is 1. The van der Waals surface area contributed by atoms with Gasteiger partial charge >= 0.3 is 0 Å². The van der Waals surface area contributed by atoms with Crippen LogP contribution in [0.1, 0.15) is 35.2 Å². The Hall–Kier alpha value is -5.19. The minimum Gasteiger partial charge on any atom is -0.496 e. The molecule has 1 aliphatic heterocycles. The molecule has 6 rings (SSSR count). The van der Waals surface area contributed by atoms with Crippen LogP contribution >= 0.6 is 0 Å². The minimum atomic E-state index is -0.481. The first-order chi connectivity index (χ1) is 20.9. The standard InChI is InChI=1S/C32H30FN7O3/c1-43-27-10-7-23(33)16-25(27)26(42)9-4-20-2-5-22(6-3-20)30-29-31(34)36-19-37-32(29)40(38-30)24-8-11-28(35-17-24)39-14-12-21(18-41)13-15-39/h2-3,5-8,10-11,16-19,21H,4,9,12-15H2,1H3,(H2,34,36,37). The fourth-order valence-electron chi connectivity index (χ4n) is 5.43. The van der Waals surface area contributed by atoms with Crippen LogP contribution in [-0.4, -0.2) is 57.0 Å². The van der Waals surface area contributed by atoms with E-state index in [1.165, 1.54) is 31.6 Å². The number of fused-ring (bicyclic) bond motifs is 1. The summed E-state index contributed by atoms with van der Waals surface area (Å²) in [5.41, 5.74) is 10.2. The number of carbonyl (C=O) groups excluding carboxylic acids is 2. The third kappa shape index (κ3) is 5.66. The number of anilines is 2. The highest BCUT2D eigenvalue weighted by Crippen LogP contribution is 2.32. The highest BCUT2D eigenvalue weighted by molar-refractivity contribution is 5.99. The number of nitrogen functional groups attached to an aromatic ring is 1. The number of nitrogens with zero attached hydrogens (tertiary/aromatic N) is 6. The Morgan fingerprint density at radius 2 is 1.86 bits per heavy atom. The fraction of sp³-hybridized carbons (Fsp3) is 0.250. The van der Waals surface area contributed by atoms with Gasteiger partial charge in [-0.05, 0) is 55.2 Å². The maximum absolute atomic E-state index is 13.7. The van der Waals surface area contributed by atoms with Gasteiger partial charge in [-0.2, -0.15) is 5.10 Å². The predicted molar refractivity (Wildman–Crippen MR) is 161 cm³/mol. The average molecular weight is 580 g/mol. The van der Waals surface area contributed by atoms with Gasteiger partial charge in [0, 0.05) is 31.0 Å². The zero-order valence-corrected chi connectivity index (χ0v) is 23.6. The highest BCUT2D eigenvalue weighted by Gasteiger charge is 2.21. The normalized spacial score (nSPS) is 13.8. The summed E-state index contributed by atoms with van der Waals surface area (Å²) >= 11 is 0. The van der Waals surface area contributed by atoms with Gasteiger partial charge in [0.25, 0.3) is 0 Å². The molecule has 5 aromatic rings. The maximum atomic E-state index is 13.7. The number of rotatable bonds is 9. The third-order valence-electron chi connectivity index (χ3n) is 7.86. The number of hydrogen-bond acceptors (Lipinski definition) is 9. The van der Waals surface area contributed by atoms with E-state index in [0.717, 1.165) is 54.8 Å². The van der Waals surface area contributed by atoms with Crippen LogP contribution in [0.5, 0.6) is 5.75 Å². The Labute approximate surface area is 247 Å². The Morgan fingerprint density at radius 3 is 2.56 bits per heavy atom. The number of nitrogens with two attached hydrogens (primary N) is 1. The first-order valence-electron chi connectivity index (χ1n) is 14.1. The number of benzene rings is 2. The quantitative estimate of drug-likeness (QED) is 0.193. The van der Waals surface area contributed by atoms with Crippen LogP contribution in [0, 0.1) is 11.7 Å². The predicted octanol–water partition coefficient (Wildman–Crippen LogP) is 4.84. The summed E-state index contributed by atoms with van der Waals surface area (Å²) < 4.78 is 20.7. The molecule has 1 aliphatic rings. The Balaban J connectivity index is 1.23. The van der Waals surface area contributed by atoms with Gasteiger partial charge in [-0.25, -0.2) is 24.0 Å². The molecule has 3 aromatic heterocycles. The van der Waals surface area contributed by atoms with Crippen LogP contribution < -0.4 is 15.4 Å². The zero-order chi connectivity index (χ0) is 29.9. The van der Waals surface area contributed by atoms with E-state index in [1.54, 1.807) is 10.9 Å². The fourth-order valence-corrected chi connectivity index (χ4v) is 5.43. The zero-order valence-electron chi connectivity index (χ0n) is 23.6. The first kappa shape index (κ1) is 28.0. The van der Waals surface area contributed by atoms with Gasteiger partial charge in [0.2, 0.25) is 0 Å². The van der Waals surface area contributed by atoms with Crippen LogP contribution in [-0.2, 0) is 11.2 Å². The van der Waals surface area contributed by atoms with E-state index in [0.29, 0.717) is 34.7 Å². The Morgan fingerprint density at radius 1 is 1.07 bits per heavy atom. The van der Waals surface area contributed by atoms with Gasteiger partial charge in [0.15, 0.2) is 11.4 Å². The number of hydrogen-bond donors (Lipinski definition) is 1. The molecule has 0 saturated carbocycles. The number of Topliss-reactive ketones (excluding diaryl/α,β-unsaturated/α-hetero) is 1. The van der Waals surface area contributed by atoms with E-state index in [4.69, 9.17) is 15.6 Å². The van der Waals surface area contributed by atoms with E-state index >= 15 is 0 Å². The number of aldehydes is 1. The summed E-state index contributed by atoms with van der Waals surface area (Å²) in [4.78, 5) is 39.4. The molecule has 2 N–H and O–H groups in total. The van der Waals surface area contributed by atoms with Crippen molar-refractivity contribution in [3.63, 3.8) is 0 Å². The summed E-state index contributed by atoms with van der Waals surface area (Å²) in [7, 11) is 1.46. The van der Waals surface area contributed by atoms with Crippen LogP contribution in [0.15, 0.2) is 67.1 Å². The van der Waals surface area contributed by atoms with Crippen molar-refractivity contribution in [2.75, 3.05) is 30.8 Å². The molecule has 1 fully saturated rings. The third-order valence-corrected chi connectivity index (χ3v) is 7.86. The number of aryl methyl sites for hydroxylation is 1. The molecule has 0 bridgehead atoms. The number of aromatic nitrogens is 5. The lowest BCUT2D eigenvalue weighted by Gasteiger charge is -2.30. The van der Waals surface area contributed by atoms with Gasteiger partial charge in [-0.3, -0.25) is 4.79 Å². The molecule has 1 saturated heterocycles. The number of ether oxygens (including phenoxy) is 1. The molecule has 0 aliphatic carbocycles. The second-order valence-corrected chi connectivity index (χ2v) is 10.5. The number of ketones is 1. The largest absolute Gasteiger partial charge is 0.496 e. The highest BCUT2D eigenvalue weighted by atomic mass is 19.1. The molecular formula is C32H30FN7O3. The van der Waals surface area contributed by atoms with Crippen molar-refractivity contribution in [2.45, 2.75) is 25.7 Å². The van der Waals surface area contributed by atoms with Gasteiger partial charge in [0.05, 0.1) is 29.9 Å². The van der Waals surface area contributed by atoms with E-state index in [9.17, 15) is 14.0 Å². The van der Waals surface area contributed by atoms with E-state index in [1.807, 2.05) is 36.4 Å². The molecule has 2 aromatic carbocycles. The molecule has 10 nitrogen and oxygen atoms in total. The second kappa shape index (κ2) is 12.0. The monoisotopic (exact) mass is 579 g/mol. The van der Waals surface area contributed by atoms with Gasteiger partial charge in [-0.1, -0.05) is 24.3 Å². The second-order valence-electron chi connectivity index (χ2n) is 10.5. The molecule has 0 unspecified atom stereocenters. The first-order valence-corrected chi connectivity index (χ1v) is 14.1. The van der Waals surface area contributed by atoms with E-state index in [2.05, 4.69) is 19.9 Å². The molecule has 218 valence electrons. The smallest absolute Gasteiger partial charge is 0.169 e. The summed E-state index contributed by atoms with van der Waals surface area (Å²) in [6.45, 7) is 1.58. The van der Waals surface area contributed by atoms with Gasteiger partial charge in [-0.15, -0.1) is 0 Å². The van der Waals surface area contributed by atoms with Crippen LogP contribution in [0.2, 0.25) is 0 Å². The number of methoxy groups -OCH3 is 1. The summed E-state index contributed by atoms with van der Waals surface area (Å²) in [5.74, 6) is 0.964. The molecule has 0 atom stereocenters. The molecule has 0 spiro atoms. The van der Waals surface area contributed by atoms with Crippen molar-refractivity contribution in [1.82, 2.24) is 24.7 Å². The van der Waals surface area contributed by atoms with Crippen molar-refractivity contribution in [3.8, 4) is 22.7 Å². The number of carbonyl (C=O) groups is 2. The van der Waals surface area contributed by atoms with Crippen molar-refractivity contribution < 1.29 is 18.7 Å². The minimum absolute atomic E-state index is 0.121.